The lowest BCUT2D eigenvalue weighted by molar-refractivity contribution is 0.372. The van der Waals surface area contributed by atoms with Crippen molar-refractivity contribution in [3.63, 3.8) is 0 Å². The number of aryl methyl sites for hydroxylation is 1. The van der Waals surface area contributed by atoms with Crippen molar-refractivity contribution in [1.82, 2.24) is 15.5 Å². The Morgan fingerprint density at radius 3 is 2.54 bits per heavy atom. The number of ether oxygens (including phenoxy) is 1. The number of benzene rings is 3. The van der Waals surface area contributed by atoms with Crippen LogP contribution < -0.4 is 15.0 Å². The van der Waals surface area contributed by atoms with Gasteiger partial charge in [0.2, 0.25) is 5.82 Å². The fourth-order valence-electron chi connectivity index (χ4n) is 4.27. The fourth-order valence-corrected chi connectivity index (χ4v) is 4.63. The Bertz CT molecular complexity index is 1430. The van der Waals surface area contributed by atoms with Gasteiger partial charge in [-0.05, 0) is 61.5 Å². The van der Waals surface area contributed by atoms with Gasteiger partial charge in [-0.3, -0.25) is 4.90 Å². The van der Waals surface area contributed by atoms with Gasteiger partial charge in [0.1, 0.15) is 0 Å². The molecule has 0 fully saturated rings. The van der Waals surface area contributed by atoms with E-state index in [0.29, 0.717) is 22.6 Å². The molecule has 3 aromatic carbocycles. The summed E-state index contributed by atoms with van der Waals surface area (Å²) in [5.74, 6) is 1.29. The highest BCUT2D eigenvalue weighted by Gasteiger charge is 2.35. The SMILES string of the molecule is COc1ccc(C2NC(=S)N(c3cccc(C)c3)C(C)=C2c2nc(-c3ccccc3)no2)cc1O. The third-order valence-electron chi connectivity index (χ3n) is 5.97. The maximum absolute atomic E-state index is 10.5. The van der Waals surface area contributed by atoms with Crippen LogP contribution in [0, 0.1) is 6.92 Å². The second kappa shape index (κ2) is 9.23. The van der Waals surface area contributed by atoms with Gasteiger partial charge in [0.25, 0.3) is 5.89 Å². The molecule has 0 aliphatic carbocycles. The van der Waals surface area contributed by atoms with Crippen LogP contribution in [0.2, 0.25) is 0 Å². The van der Waals surface area contributed by atoms with Gasteiger partial charge < -0.3 is 19.7 Å². The van der Waals surface area contributed by atoms with Crippen molar-refractivity contribution in [2.24, 2.45) is 0 Å². The van der Waals surface area contributed by atoms with Crippen molar-refractivity contribution >= 4 is 28.6 Å². The number of hydrogen-bond donors (Lipinski definition) is 2. The lowest BCUT2D eigenvalue weighted by atomic mass is 9.94. The van der Waals surface area contributed by atoms with E-state index < -0.39 is 6.04 Å². The molecule has 1 aliphatic rings. The minimum absolute atomic E-state index is 0.0336. The third-order valence-corrected chi connectivity index (χ3v) is 6.27. The number of aromatic hydroxyl groups is 1. The predicted octanol–water partition coefficient (Wildman–Crippen LogP) is 5.63. The van der Waals surface area contributed by atoms with Crippen LogP contribution in [0.1, 0.15) is 30.0 Å². The fraction of sp³-hybridized carbons (Fsp3) is 0.148. The van der Waals surface area contributed by atoms with Crippen molar-refractivity contribution in [3.8, 4) is 22.9 Å². The third kappa shape index (κ3) is 4.24. The monoisotopic (exact) mass is 484 g/mol. The Hall–Kier alpha value is -4.17. The van der Waals surface area contributed by atoms with Gasteiger partial charge >= 0.3 is 0 Å². The predicted molar refractivity (Wildman–Crippen MR) is 139 cm³/mol. The van der Waals surface area contributed by atoms with E-state index in [1.165, 1.54) is 7.11 Å². The van der Waals surface area contributed by atoms with Gasteiger partial charge in [0.05, 0.1) is 18.7 Å². The van der Waals surface area contributed by atoms with E-state index in [4.69, 9.17) is 26.5 Å². The van der Waals surface area contributed by atoms with Gasteiger partial charge in [-0.2, -0.15) is 4.98 Å². The maximum Gasteiger partial charge on any atom is 0.258 e. The number of rotatable bonds is 5. The summed E-state index contributed by atoms with van der Waals surface area (Å²) in [6.07, 6.45) is 0. The van der Waals surface area contributed by atoms with Crippen LogP contribution in [-0.2, 0) is 0 Å². The van der Waals surface area contributed by atoms with Crippen molar-refractivity contribution in [2.75, 3.05) is 12.0 Å². The molecule has 1 atom stereocenters. The molecule has 7 nitrogen and oxygen atoms in total. The number of aromatic nitrogens is 2. The highest BCUT2D eigenvalue weighted by atomic mass is 32.1. The standard InChI is InChI=1S/C27H24N4O3S/c1-16-8-7-11-20(14-16)31-17(2)23(26-29-25(30-34-26)18-9-5-4-6-10-18)24(28-27(31)35)19-12-13-22(33-3)21(32)15-19/h4-15,24,32H,1-3H3,(H,28,35). The molecule has 0 radical (unpaired) electrons. The zero-order valence-corrected chi connectivity index (χ0v) is 20.3. The van der Waals surface area contributed by atoms with Crippen molar-refractivity contribution in [2.45, 2.75) is 19.9 Å². The molecule has 35 heavy (non-hydrogen) atoms. The molecule has 2 N–H and O–H groups in total. The molecule has 5 rings (SSSR count). The van der Waals surface area contributed by atoms with Gasteiger partial charge in [0.15, 0.2) is 16.6 Å². The normalized spacial score (nSPS) is 15.8. The second-order valence-corrected chi connectivity index (χ2v) is 8.66. The molecule has 0 amide bonds. The van der Waals surface area contributed by atoms with Crippen molar-refractivity contribution < 1.29 is 14.4 Å². The zero-order chi connectivity index (χ0) is 24.5. The summed E-state index contributed by atoms with van der Waals surface area (Å²) < 4.78 is 11.0. The minimum atomic E-state index is -0.426. The number of thiocarbonyl (C=S) groups is 1. The van der Waals surface area contributed by atoms with Crippen LogP contribution in [0.5, 0.6) is 11.5 Å². The minimum Gasteiger partial charge on any atom is -0.504 e. The first-order valence-electron chi connectivity index (χ1n) is 11.1. The number of methoxy groups -OCH3 is 1. The first-order valence-corrected chi connectivity index (χ1v) is 11.5. The van der Waals surface area contributed by atoms with Crippen LogP contribution >= 0.6 is 12.2 Å². The second-order valence-electron chi connectivity index (χ2n) is 8.28. The number of nitrogens with zero attached hydrogens (tertiary/aromatic N) is 3. The maximum atomic E-state index is 10.5. The van der Waals surface area contributed by atoms with Gasteiger partial charge in [-0.25, -0.2) is 0 Å². The molecule has 8 heteroatoms. The van der Waals surface area contributed by atoms with Gasteiger partial charge in [-0.15, -0.1) is 0 Å². The van der Waals surface area contributed by atoms with Crippen molar-refractivity contribution in [1.29, 1.82) is 0 Å². The van der Waals surface area contributed by atoms with Crippen LogP contribution in [-0.4, -0.2) is 27.5 Å². The molecule has 0 saturated heterocycles. The molecule has 1 unspecified atom stereocenters. The van der Waals surface area contributed by atoms with E-state index >= 15 is 0 Å². The Balaban J connectivity index is 1.67. The van der Waals surface area contributed by atoms with E-state index in [9.17, 15) is 5.11 Å². The van der Waals surface area contributed by atoms with E-state index in [-0.39, 0.29) is 5.75 Å². The highest BCUT2D eigenvalue weighted by molar-refractivity contribution is 7.80. The summed E-state index contributed by atoms with van der Waals surface area (Å²) in [5.41, 5.74) is 5.29. The van der Waals surface area contributed by atoms with Crippen LogP contribution in [0.25, 0.3) is 17.0 Å². The molecule has 0 saturated carbocycles. The number of phenolic OH excluding ortho intramolecular Hbond substituents is 1. The molecule has 2 heterocycles. The van der Waals surface area contributed by atoms with Crippen LogP contribution in [0.3, 0.4) is 0 Å². The number of anilines is 1. The summed E-state index contributed by atoms with van der Waals surface area (Å²) in [5, 5.41) is 18.6. The quantitative estimate of drug-likeness (QED) is 0.353. The molecule has 0 spiro atoms. The van der Waals surface area contributed by atoms with E-state index in [0.717, 1.165) is 33.6 Å². The van der Waals surface area contributed by atoms with E-state index in [1.54, 1.807) is 12.1 Å². The summed E-state index contributed by atoms with van der Waals surface area (Å²) in [6.45, 7) is 4.02. The Morgan fingerprint density at radius 2 is 1.83 bits per heavy atom. The Kier molecular flexibility index (Phi) is 5.96. The van der Waals surface area contributed by atoms with Crippen LogP contribution in [0.15, 0.2) is 83.0 Å². The van der Waals surface area contributed by atoms with Gasteiger partial charge in [0, 0.05) is 16.9 Å². The summed E-state index contributed by atoms with van der Waals surface area (Å²) in [6, 6.07) is 22.6. The molecular weight excluding hydrogens is 460 g/mol. The average molecular weight is 485 g/mol. The number of allylic oxidation sites excluding steroid dienone is 1. The topological polar surface area (TPSA) is 83.7 Å². The highest BCUT2D eigenvalue weighted by Crippen LogP contribution is 2.41. The first kappa shape index (κ1) is 22.6. The van der Waals surface area contributed by atoms with Crippen molar-refractivity contribution in [3.05, 3.63) is 95.5 Å². The van der Waals surface area contributed by atoms with E-state index in [1.807, 2.05) is 73.3 Å². The summed E-state index contributed by atoms with van der Waals surface area (Å²) >= 11 is 5.80. The molecular formula is C27H24N4O3S. The number of nitrogens with one attached hydrogen (secondary N) is 1. The Labute approximate surface area is 208 Å². The summed E-state index contributed by atoms with van der Waals surface area (Å²) in [4.78, 5) is 6.69. The number of phenols is 1. The molecule has 1 aromatic heterocycles. The Morgan fingerprint density at radius 1 is 1.03 bits per heavy atom. The number of hydrogen-bond acceptors (Lipinski definition) is 6. The molecule has 1 aliphatic heterocycles. The first-order chi connectivity index (χ1) is 17.0. The largest absolute Gasteiger partial charge is 0.504 e. The summed E-state index contributed by atoms with van der Waals surface area (Å²) in [7, 11) is 1.52. The molecule has 176 valence electrons. The smallest absolute Gasteiger partial charge is 0.258 e. The lowest BCUT2D eigenvalue weighted by Gasteiger charge is -2.37. The van der Waals surface area contributed by atoms with Gasteiger partial charge in [-0.1, -0.05) is 53.7 Å². The lowest BCUT2D eigenvalue weighted by Crippen LogP contribution is -2.46. The zero-order valence-electron chi connectivity index (χ0n) is 19.5. The molecule has 0 bridgehead atoms. The average Bonchev–Trinajstić information content (AvgIpc) is 3.34. The van der Waals surface area contributed by atoms with Crippen LogP contribution in [0.4, 0.5) is 5.69 Å². The van der Waals surface area contributed by atoms with E-state index in [2.05, 4.69) is 16.5 Å². The molecule has 4 aromatic rings.